The molecule has 2 atom stereocenters. The van der Waals surface area contributed by atoms with E-state index in [0.717, 1.165) is 30.8 Å². The summed E-state index contributed by atoms with van der Waals surface area (Å²) >= 11 is 1.73. The van der Waals surface area contributed by atoms with Gasteiger partial charge in [-0.05, 0) is 42.4 Å². The molecule has 1 heterocycles. The van der Waals surface area contributed by atoms with E-state index in [9.17, 15) is 4.79 Å². The molecule has 4 heteroatoms. The molecule has 104 valence electrons. The van der Waals surface area contributed by atoms with E-state index in [1.54, 1.807) is 11.8 Å². The normalized spacial score (nSPS) is 19.9. The second-order valence-electron chi connectivity index (χ2n) is 5.27. The summed E-state index contributed by atoms with van der Waals surface area (Å²) in [5.74, 6) is 1.48. The Balaban J connectivity index is 2.18. The lowest BCUT2D eigenvalue weighted by atomic mass is 9.93. The fourth-order valence-electron chi connectivity index (χ4n) is 2.57. The molecule has 0 aliphatic carbocycles. The zero-order valence-electron chi connectivity index (χ0n) is 11.6. The monoisotopic (exact) mass is 278 g/mol. The van der Waals surface area contributed by atoms with Crippen molar-refractivity contribution < 1.29 is 4.79 Å². The minimum Gasteiger partial charge on any atom is -0.320 e. The SMILES string of the molecule is CSCC[C@H](N)C(=O)N1CC(C)Cc2ccccc21. The summed E-state index contributed by atoms with van der Waals surface area (Å²) in [5.41, 5.74) is 8.33. The number of anilines is 1. The number of carbonyl (C=O) groups is 1. The minimum atomic E-state index is -0.384. The molecule has 0 radical (unpaired) electrons. The van der Waals surface area contributed by atoms with Gasteiger partial charge < -0.3 is 10.6 Å². The Bertz CT molecular complexity index is 450. The number of fused-ring (bicyclic) bond motifs is 1. The first-order valence-electron chi connectivity index (χ1n) is 6.77. The number of benzene rings is 1. The molecule has 1 aliphatic rings. The van der Waals surface area contributed by atoms with Gasteiger partial charge in [-0.15, -0.1) is 0 Å². The molecule has 0 fully saturated rings. The van der Waals surface area contributed by atoms with Gasteiger partial charge in [0.15, 0.2) is 0 Å². The Morgan fingerprint density at radius 2 is 2.26 bits per heavy atom. The van der Waals surface area contributed by atoms with Crippen LogP contribution in [0.5, 0.6) is 0 Å². The summed E-state index contributed by atoms with van der Waals surface area (Å²) in [6.07, 6.45) is 3.82. The van der Waals surface area contributed by atoms with Crippen molar-refractivity contribution in [1.29, 1.82) is 0 Å². The second kappa shape index (κ2) is 6.44. The van der Waals surface area contributed by atoms with Gasteiger partial charge in [0, 0.05) is 12.2 Å². The maximum Gasteiger partial charge on any atom is 0.243 e. The zero-order chi connectivity index (χ0) is 13.8. The lowest BCUT2D eigenvalue weighted by Gasteiger charge is -2.34. The zero-order valence-corrected chi connectivity index (χ0v) is 12.5. The molecule has 1 amide bonds. The van der Waals surface area contributed by atoms with Crippen LogP contribution in [0.15, 0.2) is 24.3 Å². The topological polar surface area (TPSA) is 46.3 Å². The van der Waals surface area contributed by atoms with E-state index < -0.39 is 0 Å². The average molecular weight is 278 g/mol. The Morgan fingerprint density at radius 3 is 3.00 bits per heavy atom. The molecule has 0 saturated carbocycles. The van der Waals surface area contributed by atoms with E-state index in [1.807, 2.05) is 29.4 Å². The quantitative estimate of drug-likeness (QED) is 0.919. The summed E-state index contributed by atoms with van der Waals surface area (Å²) in [6.45, 7) is 2.96. The molecule has 0 saturated heterocycles. The highest BCUT2D eigenvalue weighted by Crippen LogP contribution is 2.29. The molecule has 19 heavy (non-hydrogen) atoms. The van der Waals surface area contributed by atoms with Gasteiger partial charge in [0.05, 0.1) is 6.04 Å². The second-order valence-corrected chi connectivity index (χ2v) is 6.26. The van der Waals surface area contributed by atoms with Gasteiger partial charge in [-0.2, -0.15) is 11.8 Å². The average Bonchev–Trinajstić information content (AvgIpc) is 2.42. The third-order valence-corrected chi connectivity index (χ3v) is 4.21. The minimum absolute atomic E-state index is 0.0630. The van der Waals surface area contributed by atoms with Crippen LogP contribution in [0.4, 0.5) is 5.69 Å². The number of thioether (sulfide) groups is 1. The Labute approximate surface area is 119 Å². The summed E-state index contributed by atoms with van der Waals surface area (Å²) in [6, 6.07) is 7.78. The van der Waals surface area contributed by atoms with Crippen molar-refractivity contribution in [3.63, 3.8) is 0 Å². The summed E-state index contributed by atoms with van der Waals surface area (Å²) < 4.78 is 0. The fraction of sp³-hybridized carbons (Fsp3) is 0.533. The molecular weight excluding hydrogens is 256 g/mol. The number of hydrogen-bond acceptors (Lipinski definition) is 3. The van der Waals surface area contributed by atoms with E-state index >= 15 is 0 Å². The molecule has 0 aromatic heterocycles. The van der Waals surface area contributed by atoms with Crippen LogP contribution in [-0.4, -0.2) is 30.5 Å². The molecule has 1 aromatic carbocycles. The molecule has 3 nitrogen and oxygen atoms in total. The van der Waals surface area contributed by atoms with Crippen molar-refractivity contribution in [1.82, 2.24) is 0 Å². The fourth-order valence-corrected chi connectivity index (χ4v) is 3.06. The Kier molecular flexibility index (Phi) is 4.88. The van der Waals surface area contributed by atoms with E-state index in [0.29, 0.717) is 5.92 Å². The first-order chi connectivity index (χ1) is 9.13. The van der Waals surface area contributed by atoms with Gasteiger partial charge in [0.25, 0.3) is 0 Å². The van der Waals surface area contributed by atoms with Crippen LogP contribution in [0.1, 0.15) is 18.9 Å². The number of carbonyl (C=O) groups excluding carboxylic acids is 1. The lowest BCUT2D eigenvalue weighted by molar-refractivity contribution is -0.120. The van der Waals surface area contributed by atoms with E-state index in [4.69, 9.17) is 5.73 Å². The number of hydrogen-bond donors (Lipinski definition) is 1. The van der Waals surface area contributed by atoms with E-state index in [-0.39, 0.29) is 11.9 Å². The van der Waals surface area contributed by atoms with Crippen LogP contribution in [0.25, 0.3) is 0 Å². The Hall–Kier alpha value is -1.00. The number of nitrogens with zero attached hydrogens (tertiary/aromatic N) is 1. The molecular formula is C15H22N2OS. The van der Waals surface area contributed by atoms with Crippen LogP contribution in [0, 0.1) is 5.92 Å². The smallest absolute Gasteiger partial charge is 0.243 e. The van der Waals surface area contributed by atoms with Gasteiger partial charge in [0.2, 0.25) is 5.91 Å². The molecule has 1 aliphatic heterocycles. The number of nitrogens with two attached hydrogens (primary N) is 1. The van der Waals surface area contributed by atoms with Crippen molar-refractivity contribution in [2.45, 2.75) is 25.8 Å². The highest BCUT2D eigenvalue weighted by atomic mass is 32.2. The van der Waals surface area contributed by atoms with E-state index in [1.165, 1.54) is 5.56 Å². The van der Waals surface area contributed by atoms with Crippen molar-refractivity contribution in [3.05, 3.63) is 29.8 Å². The Morgan fingerprint density at radius 1 is 1.53 bits per heavy atom. The lowest BCUT2D eigenvalue weighted by Crippen LogP contribution is -2.48. The highest BCUT2D eigenvalue weighted by Gasteiger charge is 2.28. The van der Waals surface area contributed by atoms with Gasteiger partial charge in [-0.1, -0.05) is 25.1 Å². The van der Waals surface area contributed by atoms with Crippen LogP contribution >= 0.6 is 11.8 Å². The predicted octanol–water partition coefficient (Wildman–Crippen LogP) is 2.29. The van der Waals surface area contributed by atoms with Crippen LogP contribution in [0.2, 0.25) is 0 Å². The molecule has 0 spiro atoms. The largest absolute Gasteiger partial charge is 0.320 e. The van der Waals surface area contributed by atoms with Crippen LogP contribution < -0.4 is 10.6 Å². The van der Waals surface area contributed by atoms with Gasteiger partial charge in [0.1, 0.15) is 0 Å². The molecule has 1 aromatic rings. The molecule has 0 bridgehead atoms. The molecule has 2 rings (SSSR count). The van der Waals surface area contributed by atoms with Crippen molar-refractivity contribution in [2.24, 2.45) is 11.7 Å². The first-order valence-corrected chi connectivity index (χ1v) is 8.16. The third kappa shape index (κ3) is 3.31. The standard InChI is InChI=1S/C15H22N2OS/c1-11-9-12-5-3-4-6-14(12)17(10-11)15(18)13(16)7-8-19-2/h3-6,11,13H,7-10,16H2,1-2H3/t11?,13-/m0/s1. The summed E-state index contributed by atoms with van der Waals surface area (Å²) in [5, 5.41) is 0. The van der Waals surface area contributed by atoms with Crippen LogP contribution in [0.3, 0.4) is 0 Å². The number of amides is 1. The predicted molar refractivity (Wildman–Crippen MR) is 82.6 cm³/mol. The number of rotatable bonds is 4. The van der Waals surface area contributed by atoms with Gasteiger partial charge in [-0.3, -0.25) is 4.79 Å². The van der Waals surface area contributed by atoms with Crippen molar-refractivity contribution >= 4 is 23.4 Å². The molecule has 1 unspecified atom stereocenters. The summed E-state index contributed by atoms with van der Waals surface area (Å²) in [7, 11) is 0. The van der Waals surface area contributed by atoms with Crippen molar-refractivity contribution in [2.75, 3.05) is 23.5 Å². The maximum atomic E-state index is 12.5. The summed E-state index contributed by atoms with van der Waals surface area (Å²) in [4.78, 5) is 14.4. The number of para-hydroxylation sites is 1. The van der Waals surface area contributed by atoms with Gasteiger partial charge in [-0.25, -0.2) is 0 Å². The van der Waals surface area contributed by atoms with Crippen molar-refractivity contribution in [3.8, 4) is 0 Å². The van der Waals surface area contributed by atoms with Gasteiger partial charge >= 0.3 is 0 Å². The molecule has 2 N–H and O–H groups in total. The van der Waals surface area contributed by atoms with E-state index in [2.05, 4.69) is 13.0 Å². The third-order valence-electron chi connectivity index (χ3n) is 3.56. The first kappa shape index (κ1) is 14.4. The highest BCUT2D eigenvalue weighted by molar-refractivity contribution is 7.98. The maximum absolute atomic E-state index is 12.5. The van der Waals surface area contributed by atoms with Crippen LogP contribution in [-0.2, 0) is 11.2 Å².